The number of carbonyl (C=O) groups excluding carboxylic acids is 1. The molecule has 4 rings (SSSR count). The van der Waals surface area contributed by atoms with E-state index in [0.717, 1.165) is 17.0 Å². The van der Waals surface area contributed by atoms with Crippen molar-refractivity contribution in [1.29, 1.82) is 0 Å². The van der Waals surface area contributed by atoms with Gasteiger partial charge in [0.15, 0.2) is 0 Å². The Morgan fingerprint density at radius 1 is 1.34 bits per heavy atom. The van der Waals surface area contributed by atoms with Crippen LogP contribution in [0.25, 0.3) is 11.4 Å². The van der Waals surface area contributed by atoms with Gasteiger partial charge in [-0.15, -0.1) is 0 Å². The lowest BCUT2D eigenvalue weighted by Gasteiger charge is -2.15. The molecule has 9 heteroatoms. The van der Waals surface area contributed by atoms with Gasteiger partial charge in [-0.3, -0.25) is 14.9 Å². The first-order valence-corrected chi connectivity index (χ1v) is 9.78. The van der Waals surface area contributed by atoms with E-state index in [1.807, 2.05) is 25.1 Å². The van der Waals surface area contributed by atoms with E-state index in [1.165, 1.54) is 0 Å². The van der Waals surface area contributed by atoms with Crippen molar-refractivity contribution < 1.29 is 14.4 Å². The van der Waals surface area contributed by atoms with Crippen LogP contribution in [0.1, 0.15) is 30.1 Å². The van der Waals surface area contributed by atoms with Crippen molar-refractivity contribution in [2.75, 3.05) is 13.1 Å². The number of rotatable bonds is 7. The lowest BCUT2D eigenvalue weighted by molar-refractivity contribution is -0.130. The zero-order chi connectivity index (χ0) is 20.2. The molecule has 29 heavy (non-hydrogen) atoms. The molecule has 152 valence electrons. The number of carbonyl (C=O) groups is 1. The van der Waals surface area contributed by atoms with Crippen LogP contribution in [0.4, 0.5) is 0 Å². The SMILES string of the molecule is Cc1cc(C[C@@H]2CN(C(=O)CCCc3nc(-c4ccncc4)no3)C[C@@H]2O)n[nH]1. The standard InChI is InChI=1S/C20H24N6O3/c1-13-9-16(24-23-13)10-15-11-26(12-17(15)27)19(28)4-2-3-18-22-20(25-29-18)14-5-7-21-8-6-14/h5-9,15,17,27H,2-4,10-12H2,1H3,(H,23,24)/t15-,17+/m1/s1. The van der Waals surface area contributed by atoms with Gasteiger partial charge in [0.2, 0.25) is 17.6 Å². The molecule has 0 saturated carbocycles. The minimum atomic E-state index is -0.519. The summed E-state index contributed by atoms with van der Waals surface area (Å²) >= 11 is 0. The van der Waals surface area contributed by atoms with E-state index >= 15 is 0 Å². The Balaban J connectivity index is 1.24. The maximum Gasteiger partial charge on any atom is 0.226 e. The van der Waals surface area contributed by atoms with Crippen molar-refractivity contribution in [3.8, 4) is 11.4 Å². The molecular weight excluding hydrogens is 372 g/mol. The number of aromatic amines is 1. The molecule has 1 amide bonds. The smallest absolute Gasteiger partial charge is 0.226 e. The second-order valence-electron chi connectivity index (χ2n) is 7.47. The van der Waals surface area contributed by atoms with E-state index in [0.29, 0.717) is 50.5 Å². The first kappa shape index (κ1) is 19.3. The highest BCUT2D eigenvalue weighted by atomic mass is 16.5. The highest BCUT2D eigenvalue weighted by molar-refractivity contribution is 5.76. The van der Waals surface area contributed by atoms with Gasteiger partial charge in [-0.1, -0.05) is 5.16 Å². The molecule has 9 nitrogen and oxygen atoms in total. The number of likely N-dealkylation sites (tertiary alicyclic amines) is 1. The number of amides is 1. The molecule has 0 radical (unpaired) electrons. The predicted octanol–water partition coefficient (Wildman–Crippen LogP) is 1.55. The fourth-order valence-electron chi connectivity index (χ4n) is 3.63. The summed E-state index contributed by atoms with van der Waals surface area (Å²) in [5.74, 6) is 1.09. The second kappa shape index (κ2) is 8.52. The molecule has 4 heterocycles. The average molecular weight is 396 g/mol. The molecule has 0 bridgehead atoms. The minimum Gasteiger partial charge on any atom is -0.391 e. The molecule has 1 aliphatic heterocycles. The van der Waals surface area contributed by atoms with Crippen LogP contribution in [-0.2, 0) is 17.6 Å². The van der Waals surface area contributed by atoms with Crippen LogP contribution < -0.4 is 0 Å². The third-order valence-corrected chi connectivity index (χ3v) is 5.18. The fraction of sp³-hybridized carbons (Fsp3) is 0.450. The van der Waals surface area contributed by atoms with Gasteiger partial charge in [0.05, 0.1) is 11.8 Å². The summed E-state index contributed by atoms with van der Waals surface area (Å²) in [5.41, 5.74) is 2.76. The van der Waals surface area contributed by atoms with Crippen molar-refractivity contribution in [3.63, 3.8) is 0 Å². The van der Waals surface area contributed by atoms with Crippen molar-refractivity contribution in [2.24, 2.45) is 5.92 Å². The highest BCUT2D eigenvalue weighted by Gasteiger charge is 2.34. The number of H-pyrrole nitrogens is 1. The molecule has 3 aromatic rings. The van der Waals surface area contributed by atoms with Gasteiger partial charge in [0.1, 0.15) is 0 Å². The topological polar surface area (TPSA) is 121 Å². The number of hydrogen-bond donors (Lipinski definition) is 2. The zero-order valence-corrected chi connectivity index (χ0v) is 16.3. The summed E-state index contributed by atoms with van der Waals surface area (Å²) < 4.78 is 5.27. The summed E-state index contributed by atoms with van der Waals surface area (Å²) in [6.45, 7) is 2.87. The van der Waals surface area contributed by atoms with Crippen molar-refractivity contribution in [2.45, 2.75) is 38.7 Å². The van der Waals surface area contributed by atoms with E-state index < -0.39 is 6.10 Å². The lowest BCUT2D eigenvalue weighted by atomic mass is 10.0. The minimum absolute atomic E-state index is 0.0144. The number of nitrogens with one attached hydrogen (secondary N) is 1. The van der Waals surface area contributed by atoms with Crippen LogP contribution >= 0.6 is 0 Å². The Kier molecular flexibility index (Phi) is 5.66. The van der Waals surface area contributed by atoms with Crippen LogP contribution in [0.2, 0.25) is 0 Å². The number of aliphatic hydroxyl groups excluding tert-OH is 1. The Labute approximate surface area is 168 Å². The first-order chi connectivity index (χ1) is 14.1. The number of aliphatic hydroxyl groups is 1. The largest absolute Gasteiger partial charge is 0.391 e. The summed E-state index contributed by atoms with van der Waals surface area (Å²) in [4.78, 5) is 22.6. The number of hydrogen-bond acceptors (Lipinski definition) is 7. The van der Waals surface area contributed by atoms with Crippen LogP contribution in [-0.4, -0.2) is 60.4 Å². The molecule has 2 N–H and O–H groups in total. The first-order valence-electron chi connectivity index (χ1n) is 9.78. The third-order valence-electron chi connectivity index (χ3n) is 5.18. The molecule has 1 saturated heterocycles. The van der Waals surface area contributed by atoms with Gasteiger partial charge in [-0.25, -0.2) is 0 Å². The van der Waals surface area contributed by atoms with Crippen LogP contribution in [0, 0.1) is 12.8 Å². The molecule has 0 spiro atoms. The molecule has 0 aliphatic carbocycles. The lowest BCUT2D eigenvalue weighted by Crippen LogP contribution is -2.29. The van der Waals surface area contributed by atoms with E-state index in [4.69, 9.17) is 4.52 Å². The summed E-state index contributed by atoms with van der Waals surface area (Å²) in [6.07, 6.45) is 5.03. The van der Waals surface area contributed by atoms with E-state index in [2.05, 4.69) is 25.3 Å². The summed E-state index contributed by atoms with van der Waals surface area (Å²) in [6, 6.07) is 5.61. The zero-order valence-electron chi connectivity index (χ0n) is 16.3. The molecule has 0 aromatic carbocycles. The van der Waals surface area contributed by atoms with E-state index in [-0.39, 0.29) is 11.8 Å². The van der Waals surface area contributed by atoms with Crippen LogP contribution in [0.15, 0.2) is 35.1 Å². The molecular formula is C20H24N6O3. The van der Waals surface area contributed by atoms with Gasteiger partial charge >= 0.3 is 0 Å². The molecule has 1 aliphatic rings. The average Bonchev–Trinajstić information content (AvgIpc) is 3.44. The number of aryl methyl sites for hydroxylation is 2. The second-order valence-corrected chi connectivity index (χ2v) is 7.47. The van der Waals surface area contributed by atoms with E-state index in [9.17, 15) is 9.90 Å². The maximum atomic E-state index is 12.5. The van der Waals surface area contributed by atoms with Gasteiger partial charge in [0.25, 0.3) is 0 Å². The fourth-order valence-corrected chi connectivity index (χ4v) is 3.63. The number of β-amino-alcohol motifs (C(OH)–C–C–N with tert-alkyl or cyclic N) is 1. The number of aromatic nitrogens is 5. The Morgan fingerprint density at radius 2 is 2.17 bits per heavy atom. The quantitative estimate of drug-likeness (QED) is 0.621. The number of pyridine rings is 1. The van der Waals surface area contributed by atoms with Crippen molar-refractivity contribution in [3.05, 3.63) is 47.9 Å². The normalized spacial score (nSPS) is 19.0. The molecule has 2 atom stereocenters. The summed E-state index contributed by atoms with van der Waals surface area (Å²) in [7, 11) is 0. The van der Waals surface area contributed by atoms with Gasteiger partial charge in [0, 0.05) is 55.5 Å². The van der Waals surface area contributed by atoms with E-state index in [1.54, 1.807) is 17.3 Å². The highest BCUT2D eigenvalue weighted by Crippen LogP contribution is 2.22. The van der Waals surface area contributed by atoms with Gasteiger partial charge in [-0.05, 0) is 38.0 Å². The maximum absolute atomic E-state index is 12.5. The Bertz CT molecular complexity index is 954. The predicted molar refractivity (Wildman–Crippen MR) is 104 cm³/mol. The molecule has 3 aromatic heterocycles. The van der Waals surface area contributed by atoms with Crippen LogP contribution in [0.3, 0.4) is 0 Å². The Hall–Kier alpha value is -3.07. The van der Waals surface area contributed by atoms with Crippen molar-refractivity contribution in [1.82, 2.24) is 30.2 Å². The third kappa shape index (κ3) is 4.68. The van der Waals surface area contributed by atoms with Crippen LogP contribution in [0.5, 0.6) is 0 Å². The monoisotopic (exact) mass is 396 g/mol. The van der Waals surface area contributed by atoms with Crippen molar-refractivity contribution >= 4 is 5.91 Å². The molecule has 0 unspecified atom stereocenters. The molecule has 1 fully saturated rings. The Morgan fingerprint density at radius 3 is 2.93 bits per heavy atom. The summed E-state index contributed by atoms with van der Waals surface area (Å²) in [5, 5.41) is 21.4. The number of nitrogens with zero attached hydrogens (tertiary/aromatic N) is 5. The van der Waals surface area contributed by atoms with Gasteiger partial charge < -0.3 is 14.5 Å². The van der Waals surface area contributed by atoms with Gasteiger partial charge in [-0.2, -0.15) is 10.1 Å².